The van der Waals surface area contributed by atoms with Gasteiger partial charge in [0.25, 0.3) is 0 Å². The second-order valence-electron chi connectivity index (χ2n) is 3.96. The van der Waals surface area contributed by atoms with Crippen molar-refractivity contribution < 1.29 is 4.74 Å². The Morgan fingerprint density at radius 3 is 2.59 bits per heavy atom. The van der Waals surface area contributed by atoms with Crippen LogP contribution in [0.1, 0.15) is 33.6 Å². The Hall–Kier alpha value is -1.59. The SMILES string of the molecule is CCCC(C)N(C)c1nc(N)nc(OCC)n1. The van der Waals surface area contributed by atoms with E-state index in [1.807, 2.05) is 18.9 Å². The normalized spacial score (nSPS) is 12.2. The molecule has 0 aliphatic heterocycles. The first-order valence-corrected chi connectivity index (χ1v) is 5.95. The van der Waals surface area contributed by atoms with Gasteiger partial charge in [-0.3, -0.25) is 0 Å². The molecule has 1 rings (SSSR count). The fourth-order valence-electron chi connectivity index (χ4n) is 1.52. The molecule has 1 aromatic heterocycles. The predicted molar refractivity (Wildman–Crippen MR) is 68.2 cm³/mol. The van der Waals surface area contributed by atoms with Crippen molar-refractivity contribution in [1.82, 2.24) is 15.0 Å². The van der Waals surface area contributed by atoms with Gasteiger partial charge in [-0.05, 0) is 20.3 Å². The molecule has 96 valence electrons. The van der Waals surface area contributed by atoms with Crippen LogP contribution in [-0.4, -0.2) is 34.6 Å². The van der Waals surface area contributed by atoms with E-state index in [2.05, 4.69) is 28.8 Å². The van der Waals surface area contributed by atoms with E-state index in [-0.39, 0.29) is 12.0 Å². The molecule has 1 aromatic rings. The third-order valence-corrected chi connectivity index (χ3v) is 2.58. The highest BCUT2D eigenvalue weighted by atomic mass is 16.5. The van der Waals surface area contributed by atoms with Crippen molar-refractivity contribution in [2.24, 2.45) is 0 Å². The number of hydrogen-bond donors (Lipinski definition) is 1. The summed E-state index contributed by atoms with van der Waals surface area (Å²) in [7, 11) is 1.95. The monoisotopic (exact) mass is 239 g/mol. The van der Waals surface area contributed by atoms with Crippen LogP contribution in [0.3, 0.4) is 0 Å². The zero-order valence-corrected chi connectivity index (χ0v) is 11.0. The Labute approximate surface area is 102 Å². The molecular weight excluding hydrogens is 218 g/mol. The van der Waals surface area contributed by atoms with E-state index in [4.69, 9.17) is 10.5 Å². The summed E-state index contributed by atoms with van der Waals surface area (Å²) in [6, 6.07) is 0.641. The molecule has 0 fully saturated rings. The van der Waals surface area contributed by atoms with Crippen LogP contribution in [-0.2, 0) is 0 Å². The fourth-order valence-corrected chi connectivity index (χ4v) is 1.52. The number of hydrogen-bond acceptors (Lipinski definition) is 6. The maximum absolute atomic E-state index is 5.63. The number of rotatable bonds is 6. The maximum Gasteiger partial charge on any atom is 0.323 e. The lowest BCUT2D eigenvalue weighted by molar-refractivity contribution is 0.312. The van der Waals surface area contributed by atoms with Gasteiger partial charge in [0.15, 0.2) is 0 Å². The van der Waals surface area contributed by atoms with Crippen LogP contribution >= 0.6 is 0 Å². The average molecular weight is 239 g/mol. The molecule has 17 heavy (non-hydrogen) atoms. The third kappa shape index (κ3) is 3.72. The van der Waals surface area contributed by atoms with Crippen LogP contribution < -0.4 is 15.4 Å². The van der Waals surface area contributed by atoms with Crippen molar-refractivity contribution in [1.29, 1.82) is 0 Å². The molecule has 0 aliphatic rings. The second kappa shape index (κ2) is 6.22. The van der Waals surface area contributed by atoms with E-state index in [1.54, 1.807) is 0 Å². The van der Waals surface area contributed by atoms with Crippen molar-refractivity contribution in [3.63, 3.8) is 0 Å². The topological polar surface area (TPSA) is 77.2 Å². The van der Waals surface area contributed by atoms with Gasteiger partial charge in [0, 0.05) is 13.1 Å². The van der Waals surface area contributed by atoms with E-state index in [0.717, 1.165) is 12.8 Å². The number of nitrogen functional groups attached to an aromatic ring is 1. The largest absolute Gasteiger partial charge is 0.464 e. The highest BCUT2D eigenvalue weighted by molar-refractivity contribution is 5.35. The van der Waals surface area contributed by atoms with Gasteiger partial charge < -0.3 is 15.4 Å². The maximum atomic E-state index is 5.63. The van der Waals surface area contributed by atoms with Crippen LogP contribution in [0.25, 0.3) is 0 Å². The van der Waals surface area contributed by atoms with Gasteiger partial charge in [-0.25, -0.2) is 0 Å². The summed E-state index contributed by atoms with van der Waals surface area (Å²) >= 11 is 0. The lowest BCUT2D eigenvalue weighted by atomic mass is 10.2. The summed E-state index contributed by atoms with van der Waals surface area (Å²) < 4.78 is 5.25. The molecule has 0 spiro atoms. The minimum atomic E-state index is 0.189. The first kappa shape index (κ1) is 13.5. The van der Waals surface area contributed by atoms with Crippen LogP contribution in [0.5, 0.6) is 6.01 Å². The molecule has 0 aliphatic carbocycles. The smallest absolute Gasteiger partial charge is 0.323 e. The zero-order valence-electron chi connectivity index (χ0n) is 11.0. The summed E-state index contributed by atoms with van der Waals surface area (Å²) in [4.78, 5) is 14.3. The van der Waals surface area contributed by atoms with E-state index < -0.39 is 0 Å². The molecule has 6 nitrogen and oxygen atoms in total. The van der Waals surface area contributed by atoms with E-state index in [0.29, 0.717) is 18.6 Å². The summed E-state index contributed by atoms with van der Waals surface area (Å²) in [5.41, 5.74) is 5.63. The molecule has 0 amide bonds. The number of anilines is 2. The summed E-state index contributed by atoms with van der Waals surface area (Å²) in [6.07, 6.45) is 2.19. The molecule has 0 aromatic carbocycles. The van der Waals surface area contributed by atoms with Crippen LogP contribution in [0.2, 0.25) is 0 Å². The predicted octanol–water partition coefficient (Wildman–Crippen LogP) is 1.48. The van der Waals surface area contributed by atoms with Crippen molar-refractivity contribution in [2.75, 3.05) is 24.3 Å². The molecule has 0 saturated heterocycles. The number of nitrogens with zero attached hydrogens (tertiary/aromatic N) is 4. The lowest BCUT2D eigenvalue weighted by Gasteiger charge is -2.24. The van der Waals surface area contributed by atoms with E-state index >= 15 is 0 Å². The highest BCUT2D eigenvalue weighted by Gasteiger charge is 2.14. The minimum absolute atomic E-state index is 0.189. The Kier molecular flexibility index (Phi) is 4.93. The Bertz CT molecular complexity index is 358. The van der Waals surface area contributed by atoms with Crippen molar-refractivity contribution in [3.05, 3.63) is 0 Å². The number of nitrogens with two attached hydrogens (primary N) is 1. The Balaban J connectivity index is 2.88. The summed E-state index contributed by atoms with van der Waals surface area (Å²) in [5, 5.41) is 0. The molecular formula is C11H21N5O. The van der Waals surface area contributed by atoms with Gasteiger partial charge >= 0.3 is 6.01 Å². The molecule has 0 bridgehead atoms. The highest BCUT2D eigenvalue weighted by Crippen LogP contribution is 2.16. The third-order valence-electron chi connectivity index (χ3n) is 2.58. The summed E-state index contributed by atoms with van der Waals surface area (Å²) in [5.74, 6) is 0.746. The van der Waals surface area contributed by atoms with E-state index in [1.165, 1.54) is 0 Å². The van der Waals surface area contributed by atoms with Gasteiger partial charge in [0.05, 0.1) is 6.61 Å². The van der Waals surface area contributed by atoms with E-state index in [9.17, 15) is 0 Å². The molecule has 1 atom stereocenters. The molecule has 2 N–H and O–H groups in total. The molecule has 6 heteroatoms. The minimum Gasteiger partial charge on any atom is -0.464 e. The van der Waals surface area contributed by atoms with Gasteiger partial charge in [0.2, 0.25) is 11.9 Å². The molecule has 0 saturated carbocycles. The Morgan fingerprint density at radius 1 is 1.29 bits per heavy atom. The molecule has 0 radical (unpaired) electrons. The Morgan fingerprint density at radius 2 is 2.00 bits per heavy atom. The van der Waals surface area contributed by atoms with Crippen LogP contribution in [0, 0.1) is 0 Å². The average Bonchev–Trinajstić information content (AvgIpc) is 2.28. The van der Waals surface area contributed by atoms with Gasteiger partial charge in [0.1, 0.15) is 0 Å². The fraction of sp³-hybridized carbons (Fsp3) is 0.727. The number of aromatic nitrogens is 3. The standard InChI is InChI=1S/C11H21N5O/c1-5-7-8(3)16(4)10-13-9(12)14-11(15-10)17-6-2/h8H,5-7H2,1-4H3,(H2,12,13,14,15). The van der Waals surface area contributed by atoms with Gasteiger partial charge in [-0.1, -0.05) is 13.3 Å². The van der Waals surface area contributed by atoms with Gasteiger partial charge in [-0.15, -0.1) is 0 Å². The second-order valence-corrected chi connectivity index (χ2v) is 3.96. The van der Waals surface area contributed by atoms with Crippen molar-refractivity contribution in [3.8, 4) is 6.01 Å². The van der Waals surface area contributed by atoms with Gasteiger partial charge in [-0.2, -0.15) is 15.0 Å². The molecule has 1 unspecified atom stereocenters. The van der Waals surface area contributed by atoms with Crippen LogP contribution in [0.15, 0.2) is 0 Å². The van der Waals surface area contributed by atoms with Crippen LogP contribution in [0.4, 0.5) is 11.9 Å². The lowest BCUT2D eigenvalue weighted by Crippen LogP contribution is -2.30. The van der Waals surface area contributed by atoms with Crippen molar-refractivity contribution >= 4 is 11.9 Å². The summed E-state index contributed by atoms with van der Waals surface area (Å²) in [6.45, 7) is 6.67. The zero-order chi connectivity index (χ0) is 12.8. The first-order valence-electron chi connectivity index (χ1n) is 5.95. The van der Waals surface area contributed by atoms with Crippen molar-refractivity contribution in [2.45, 2.75) is 39.7 Å². The first-order chi connectivity index (χ1) is 8.08. The number of ether oxygens (including phenoxy) is 1. The molecule has 1 heterocycles. The quantitative estimate of drug-likeness (QED) is 0.810.